The highest BCUT2D eigenvalue weighted by molar-refractivity contribution is 7.80. The highest BCUT2D eigenvalue weighted by atomic mass is 35.5. The molecule has 2 aromatic carbocycles. The summed E-state index contributed by atoms with van der Waals surface area (Å²) in [5.41, 5.74) is 2.65. The van der Waals surface area contributed by atoms with Gasteiger partial charge in [-0.05, 0) is 85.0 Å². The maximum Gasteiger partial charge on any atom is 0.174 e. The van der Waals surface area contributed by atoms with Gasteiger partial charge in [0.05, 0.1) is 11.7 Å². The van der Waals surface area contributed by atoms with Gasteiger partial charge in [0.25, 0.3) is 0 Å². The number of nitrogens with zero attached hydrogens (tertiary/aromatic N) is 2. The van der Waals surface area contributed by atoms with Gasteiger partial charge in [-0.25, -0.2) is 0 Å². The van der Waals surface area contributed by atoms with Crippen LogP contribution < -0.4 is 10.2 Å². The molecule has 0 radical (unpaired) electrons. The van der Waals surface area contributed by atoms with Crippen LogP contribution >= 0.6 is 23.8 Å². The number of phenols is 1. The lowest BCUT2D eigenvalue weighted by Crippen LogP contribution is -2.29. The van der Waals surface area contributed by atoms with Crippen molar-refractivity contribution < 1.29 is 9.52 Å². The second-order valence-electron chi connectivity index (χ2n) is 7.22. The Morgan fingerprint density at radius 1 is 0.968 bits per heavy atom. The van der Waals surface area contributed by atoms with Crippen LogP contribution in [-0.2, 0) is 0 Å². The molecular weight excluding hydrogens is 430 g/mol. The first-order valence-electron chi connectivity index (χ1n) is 9.75. The Labute approximate surface area is 189 Å². The first kappa shape index (κ1) is 19.6. The number of aromatic hydroxyl groups is 1. The first-order valence-corrected chi connectivity index (χ1v) is 10.5. The van der Waals surface area contributed by atoms with Crippen molar-refractivity contribution >= 4 is 34.6 Å². The third kappa shape index (κ3) is 3.76. The van der Waals surface area contributed by atoms with E-state index >= 15 is 0 Å². The summed E-state index contributed by atoms with van der Waals surface area (Å²) < 4.78 is 6.31. The summed E-state index contributed by atoms with van der Waals surface area (Å²) in [5.74, 6) is 1.69. The van der Waals surface area contributed by atoms with Gasteiger partial charge in [0.15, 0.2) is 5.11 Å². The quantitative estimate of drug-likeness (QED) is 0.381. The standard InChI is InChI=1S/C24H18ClN3O2S/c25-16-6-4-15(5-7-16)20-12-13-21(30-20)23-22(19-3-1-2-14-26-19)27-24(31)28(23)17-8-10-18(29)11-9-17/h1-14,22-23,29H,(H,27,31). The number of anilines is 1. The van der Waals surface area contributed by atoms with E-state index in [4.69, 9.17) is 28.2 Å². The zero-order valence-corrected chi connectivity index (χ0v) is 17.8. The molecule has 31 heavy (non-hydrogen) atoms. The normalized spacial score (nSPS) is 18.2. The van der Waals surface area contributed by atoms with Crippen LogP contribution in [-0.4, -0.2) is 15.2 Å². The average molecular weight is 448 g/mol. The Morgan fingerprint density at radius 2 is 1.74 bits per heavy atom. The molecule has 5 nitrogen and oxygen atoms in total. The minimum absolute atomic E-state index is 0.197. The van der Waals surface area contributed by atoms with Gasteiger partial charge in [-0.3, -0.25) is 4.98 Å². The second kappa shape index (κ2) is 8.06. The molecule has 7 heteroatoms. The fraction of sp³-hybridized carbons (Fsp3) is 0.0833. The van der Waals surface area contributed by atoms with E-state index in [9.17, 15) is 5.11 Å². The van der Waals surface area contributed by atoms with Crippen LogP contribution in [0.25, 0.3) is 11.3 Å². The molecule has 0 aliphatic carbocycles. The van der Waals surface area contributed by atoms with Crippen LogP contribution in [0.4, 0.5) is 5.69 Å². The zero-order chi connectivity index (χ0) is 21.4. The molecular formula is C24H18ClN3O2S. The van der Waals surface area contributed by atoms with Crippen molar-refractivity contribution in [2.75, 3.05) is 4.90 Å². The maximum absolute atomic E-state index is 9.72. The monoisotopic (exact) mass is 447 g/mol. The van der Waals surface area contributed by atoms with Gasteiger partial charge in [-0.15, -0.1) is 0 Å². The molecule has 0 saturated carbocycles. The number of furan rings is 1. The summed E-state index contributed by atoms with van der Waals surface area (Å²) >= 11 is 11.7. The van der Waals surface area contributed by atoms with E-state index in [-0.39, 0.29) is 17.8 Å². The van der Waals surface area contributed by atoms with Crippen LogP contribution in [0.3, 0.4) is 0 Å². The Hall–Kier alpha value is -3.35. The van der Waals surface area contributed by atoms with E-state index in [1.807, 2.05) is 71.6 Å². The highest BCUT2D eigenvalue weighted by Crippen LogP contribution is 2.43. The molecule has 154 valence electrons. The van der Waals surface area contributed by atoms with E-state index in [0.29, 0.717) is 10.1 Å². The van der Waals surface area contributed by atoms with Gasteiger partial charge in [0.2, 0.25) is 0 Å². The van der Waals surface area contributed by atoms with E-state index < -0.39 is 0 Å². The fourth-order valence-electron chi connectivity index (χ4n) is 3.82. The summed E-state index contributed by atoms with van der Waals surface area (Å²) in [4.78, 5) is 6.54. The number of nitrogens with one attached hydrogen (secondary N) is 1. The number of hydrogen-bond acceptors (Lipinski definition) is 4. The molecule has 1 saturated heterocycles. The molecule has 0 amide bonds. The van der Waals surface area contributed by atoms with Crippen molar-refractivity contribution in [2.45, 2.75) is 12.1 Å². The van der Waals surface area contributed by atoms with Gasteiger partial charge in [0.1, 0.15) is 23.3 Å². The summed E-state index contributed by atoms with van der Waals surface area (Å²) in [6.07, 6.45) is 1.77. The van der Waals surface area contributed by atoms with Crippen molar-refractivity contribution in [3.05, 3.63) is 102 Å². The maximum atomic E-state index is 9.72. The summed E-state index contributed by atoms with van der Waals surface area (Å²) in [5, 5.41) is 14.4. The van der Waals surface area contributed by atoms with Crippen LogP contribution in [0.2, 0.25) is 5.02 Å². The number of thiocarbonyl (C=S) groups is 1. The molecule has 0 spiro atoms. The third-order valence-corrected chi connectivity index (χ3v) is 5.84. The lowest BCUT2D eigenvalue weighted by molar-refractivity contribution is 0.439. The van der Waals surface area contributed by atoms with E-state index in [1.165, 1.54) is 0 Å². The lowest BCUT2D eigenvalue weighted by atomic mass is 10.0. The number of aromatic nitrogens is 1. The molecule has 2 atom stereocenters. The van der Waals surface area contributed by atoms with E-state index in [0.717, 1.165) is 28.5 Å². The smallest absolute Gasteiger partial charge is 0.174 e. The molecule has 5 rings (SSSR count). The molecule has 0 bridgehead atoms. The van der Waals surface area contributed by atoms with Gasteiger partial charge in [-0.1, -0.05) is 17.7 Å². The predicted octanol–water partition coefficient (Wildman–Crippen LogP) is 5.88. The Kier molecular flexibility index (Phi) is 5.10. The number of hydrogen-bond donors (Lipinski definition) is 2. The topological polar surface area (TPSA) is 61.5 Å². The number of halogens is 1. The summed E-state index contributed by atoms with van der Waals surface area (Å²) in [6.45, 7) is 0. The van der Waals surface area contributed by atoms with Crippen LogP contribution in [0.5, 0.6) is 5.75 Å². The van der Waals surface area contributed by atoms with Crippen molar-refractivity contribution in [1.29, 1.82) is 0 Å². The number of pyridine rings is 1. The SMILES string of the molecule is Oc1ccc(N2C(=S)NC(c3ccccn3)C2c2ccc(-c3ccc(Cl)cc3)o2)cc1. The minimum Gasteiger partial charge on any atom is -0.508 e. The zero-order valence-electron chi connectivity index (χ0n) is 16.3. The molecule has 4 aromatic rings. The molecule has 2 aromatic heterocycles. The minimum atomic E-state index is -0.256. The largest absolute Gasteiger partial charge is 0.508 e. The predicted molar refractivity (Wildman–Crippen MR) is 125 cm³/mol. The first-order chi connectivity index (χ1) is 15.1. The Bertz CT molecular complexity index is 1210. The molecule has 2 N–H and O–H groups in total. The Morgan fingerprint density at radius 3 is 2.45 bits per heavy atom. The second-order valence-corrected chi connectivity index (χ2v) is 8.05. The van der Waals surface area contributed by atoms with Gasteiger partial charge >= 0.3 is 0 Å². The average Bonchev–Trinajstić information content (AvgIpc) is 3.40. The third-order valence-electron chi connectivity index (χ3n) is 5.27. The van der Waals surface area contributed by atoms with Crippen molar-refractivity contribution in [3.63, 3.8) is 0 Å². The molecule has 3 heterocycles. The highest BCUT2D eigenvalue weighted by Gasteiger charge is 2.42. The van der Waals surface area contributed by atoms with Crippen LogP contribution in [0, 0.1) is 0 Å². The van der Waals surface area contributed by atoms with Gasteiger partial charge in [0, 0.05) is 22.5 Å². The number of rotatable bonds is 4. The Balaban J connectivity index is 1.59. The fourth-order valence-corrected chi connectivity index (χ4v) is 4.29. The number of benzene rings is 2. The molecule has 1 aliphatic rings. The summed E-state index contributed by atoms with van der Waals surface area (Å²) in [7, 11) is 0. The van der Waals surface area contributed by atoms with E-state index in [1.54, 1.807) is 18.3 Å². The van der Waals surface area contributed by atoms with Gasteiger partial charge < -0.3 is 19.7 Å². The van der Waals surface area contributed by atoms with Gasteiger partial charge in [-0.2, -0.15) is 0 Å². The molecule has 1 fully saturated rings. The molecule has 1 aliphatic heterocycles. The van der Waals surface area contributed by atoms with Crippen molar-refractivity contribution in [3.8, 4) is 17.1 Å². The van der Waals surface area contributed by atoms with E-state index in [2.05, 4.69) is 10.3 Å². The number of phenolic OH excluding ortho intramolecular Hbond substituents is 1. The van der Waals surface area contributed by atoms with Crippen molar-refractivity contribution in [2.24, 2.45) is 0 Å². The molecule has 2 unspecified atom stereocenters. The van der Waals surface area contributed by atoms with Crippen molar-refractivity contribution in [1.82, 2.24) is 10.3 Å². The van der Waals surface area contributed by atoms with Crippen LogP contribution in [0.1, 0.15) is 23.5 Å². The summed E-state index contributed by atoms with van der Waals surface area (Å²) in [6, 6.07) is 23.7. The lowest BCUT2D eigenvalue weighted by Gasteiger charge is -2.26. The van der Waals surface area contributed by atoms with Crippen LogP contribution in [0.15, 0.2) is 89.5 Å².